The molecule has 1 heterocycles. The van der Waals surface area contributed by atoms with Crippen LogP contribution in [0.1, 0.15) is 52.9 Å². The molecule has 1 rings (SSSR count). The quantitative estimate of drug-likeness (QED) is 0.681. The molecule has 1 N–H and O–H groups in total. The molecule has 2 unspecified atom stereocenters. The Hall–Kier alpha value is -0.0800. The van der Waals surface area contributed by atoms with Crippen LogP contribution in [0.2, 0.25) is 0 Å². The molecule has 2 nitrogen and oxygen atoms in total. The molecule has 1 aliphatic heterocycles. The summed E-state index contributed by atoms with van der Waals surface area (Å²) in [6.45, 7) is 10.6. The summed E-state index contributed by atoms with van der Waals surface area (Å²) < 4.78 is 0. The lowest BCUT2D eigenvalue weighted by molar-refractivity contribution is 0.102. The lowest BCUT2D eigenvalue weighted by Crippen LogP contribution is -2.44. The second kappa shape index (κ2) is 7.24. The van der Waals surface area contributed by atoms with Crippen molar-refractivity contribution in [3.63, 3.8) is 0 Å². The largest absolute Gasteiger partial charge is 0.317 e. The molecular formula is C13H28N2. The van der Waals surface area contributed by atoms with Crippen molar-refractivity contribution in [2.24, 2.45) is 0 Å². The second-order valence-corrected chi connectivity index (χ2v) is 4.97. The Morgan fingerprint density at radius 3 is 2.40 bits per heavy atom. The highest BCUT2D eigenvalue weighted by molar-refractivity contribution is 4.79. The first-order valence-corrected chi connectivity index (χ1v) is 6.72. The van der Waals surface area contributed by atoms with Crippen LogP contribution in [0.25, 0.3) is 0 Å². The lowest BCUT2D eigenvalue weighted by Gasteiger charge is -2.39. The molecule has 1 saturated heterocycles. The van der Waals surface area contributed by atoms with E-state index in [-0.39, 0.29) is 0 Å². The summed E-state index contributed by atoms with van der Waals surface area (Å²) in [7, 11) is 0. The molecule has 0 amide bonds. The summed E-state index contributed by atoms with van der Waals surface area (Å²) in [6.07, 6.45) is 6.76. The second-order valence-electron chi connectivity index (χ2n) is 4.97. The van der Waals surface area contributed by atoms with Crippen molar-refractivity contribution < 1.29 is 0 Å². The van der Waals surface area contributed by atoms with Crippen LogP contribution in [0, 0.1) is 0 Å². The van der Waals surface area contributed by atoms with E-state index in [9.17, 15) is 0 Å². The van der Waals surface area contributed by atoms with Crippen molar-refractivity contribution >= 4 is 0 Å². The van der Waals surface area contributed by atoms with Gasteiger partial charge in [-0.1, -0.05) is 13.3 Å². The van der Waals surface area contributed by atoms with Gasteiger partial charge in [0.15, 0.2) is 0 Å². The van der Waals surface area contributed by atoms with E-state index in [1.807, 2.05) is 0 Å². The third-order valence-corrected chi connectivity index (χ3v) is 3.57. The predicted octanol–water partition coefficient (Wildman–Crippen LogP) is 2.64. The highest BCUT2D eigenvalue weighted by Crippen LogP contribution is 2.22. The van der Waals surface area contributed by atoms with Crippen LogP contribution in [-0.2, 0) is 0 Å². The zero-order valence-electron chi connectivity index (χ0n) is 10.8. The number of piperidine rings is 1. The Bertz CT molecular complexity index is 149. The molecule has 1 aliphatic rings. The fourth-order valence-corrected chi connectivity index (χ4v) is 2.60. The van der Waals surface area contributed by atoms with Crippen LogP contribution < -0.4 is 5.32 Å². The van der Waals surface area contributed by atoms with Crippen LogP contribution in [0.5, 0.6) is 0 Å². The summed E-state index contributed by atoms with van der Waals surface area (Å²) in [4.78, 5) is 2.69. The van der Waals surface area contributed by atoms with E-state index in [0.717, 1.165) is 12.1 Å². The molecule has 2 heteroatoms. The number of likely N-dealkylation sites (tertiary alicyclic amines) is 1. The monoisotopic (exact) mass is 212 g/mol. The minimum Gasteiger partial charge on any atom is -0.317 e. The summed E-state index contributed by atoms with van der Waals surface area (Å²) in [5, 5.41) is 3.48. The first-order chi connectivity index (χ1) is 7.25. The summed E-state index contributed by atoms with van der Waals surface area (Å²) in [5.74, 6) is 0. The van der Waals surface area contributed by atoms with Crippen LogP contribution >= 0.6 is 0 Å². The van der Waals surface area contributed by atoms with Gasteiger partial charge in [0.2, 0.25) is 0 Å². The van der Waals surface area contributed by atoms with Gasteiger partial charge in [0.25, 0.3) is 0 Å². The van der Waals surface area contributed by atoms with E-state index in [4.69, 9.17) is 0 Å². The van der Waals surface area contributed by atoms with E-state index >= 15 is 0 Å². The fourth-order valence-electron chi connectivity index (χ4n) is 2.60. The molecule has 0 aromatic heterocycles. The number of nitrogens with one attached hydrogen (secondary N) is 1. The van der Waals surface area contributed by atoms with Gasteiger partial charge in [0.05, 0.1) is 0 Å². The molecule has 0 bridgehead atoms. The zero-order chi connectivity index (χ0) is 11.1. The molecule has 0 aromatic rings. The Morgan fingerprint density at radius 1 is 1.13 bits per heavy atom. The van der Waals surface area contributed by atoms with Crippen LogP contribution in [0.4, 0.5) is 0 Å². The van der Waals surface area contributed by atoms with E-state index in [2.05, 4.69) is 31.0 Å². The SMILES string of the molecule is CCCNCCCN1C(C)CCCC1C. The van der Waals surface area contributed by atoms with E-state index in [1.54, 1.807) is 0 Å². The molecule has 2 atom stereocenters. The standard InChI is InChI=1S/C13H28N2/c1-4-9-14-10-6-11-15-12(2)7-5-8-13(15)3/h12-14H,4-11H2,1-3H3. The van der Waals surface area contributed by atoms with Crippen LogP contribution in [0.15, 0.2) is 0 Å². The fraction of sp³-hybridized carbons (Fsp3) is 1.00. The van der Waals surface area contributed by atoms with Gasteiger partial charge >= 0.3 is 0 Å². The number of hydrogen-bond acceptors (Lipinski definition) is 2. The van der Waals surface area contributed by atoms with Gasteiger partial charge in [0, 0.05) is 12.1 Å². The molecular weight excluding hydrogens is 184 g/mol. The van der Waals surface area contributed by atoms with Crippen molar-refractivity contribution in [3.8, 4) is 0 Å². The van der Waals surface area contributed by atoms with Gasteiger partial charge in [-0.05, 0) is 59.2 Å². The molecule has 0 spiro atoms. The van der Waals surface area contributed by atoms with Gasteiger partial charge < -0.3 is 5.32 Å². The van der Waals surface area contributed by atoms with Crippen molar-refractivity contribution in [2.75, 3.05) is 19.6 Å². The topological polar surface area (TPSA) is 15.3 Å². The number of nitrogens with zero attached hydrogens (tertiary/aromatic N) is 1. The molecule has 0 radical (unpaired) electrons. The van der Waals surface area contributed by atoms with Crippen molar-refractivity contribution in [1.29, 1.82) is 0 Å². The molecule has 15 heavy (non-hydrogen) atoms. The first kappa shape index (κ1) is 13.0. The highest BCUT2D eigenvalue weighted by atomic mass is 15.2. The average Bonchev–Trinajstić information content (AvgIpc) is 2.21. The molecule has 0 aromatic carbocycles. The Morgan fingerprint density at radius 2 is 1.80 bits per heavy atom. The van der Waals surface area contributed by atoms with Crippen LogP contribution in [-0.4, -0.2) is 36.6 Å². The molecule has 90 valence electrons. The smallest absolute Gasteiger partial charge is 0.00697 e. The average molecular weight is 212 g/mol. The van der Waals surface area contributed by atoms with Crippen molar-refractivity contribution in [3.05, 3.63) is 0 Å². The zero-order valence-corrected chi connectivity index (χ0v) is 10.8. The normalized spacial score (nSPS) is 28.2. The van der Waals surface area contributed by atoms with Crippen molar-refractivity contribution in [2.45, 2.75) is 65.0 Å². The predicted molar refractivity (Wildman–Crippen MR) is 67.3 cm³/mol. The minimum atomic E-state index is 0.805. The molecule has 0 aliphatic carbocycles. The van der Waals surface area contributed by atoms with Gasteiger partial charge in [-0.25, -0.2) is 0 Å². The van der Waals surface area contributed by atoms with E-state index < -0.39 is 0 Å². The van der Waals surface area contributed by atoms with Gasteiger partial charge in [-0.2, -0.15) is 0 Å². The third-order valence-electron chi connectivity index (χ3n) is 3.57. The molecule has 1 fully saturated rings. The van der Waals surface area contributed by atoms with Crippen molar-refractivity contribution in [1.82, 2.24) is 10.2 Å². The van der Waals surface area contributed by atoms with E-state index in [0.29, 0.717) is 0 Å². The maximum absolute atomic E-state index is 3.48. The van der Waals surface area contributed by atoms with Gasteiger partial charge in [0.1, 0.15) is 0 Å². The first-order valence-electron chi connectivity index (χ1n) is 6.72. The summed E-state index contributed by atoms with van der Waals surface area (Å²) in [6, 6.07) is 1.61. The Balaban J connectivity index is 2.12. The highest BCUT2D eigenvalue weighted by Gasteiger charge is 2.23. The number of rotatable bonds is 6. The minimum absolute atomic E-state index is 0.805. The van der Waals surface area contributed by atoms with Gasteiger partial charge in [-0.3, -0.25) is 4.90 Å². The third kappa shape index (κ3) is 4.52. The van der Waals surface area contributed by atoms with Gasteiger partial charge in [-0.15, -0.1) is 0 Å². The Labute approximate surface area is 95.4 Å². The Kier molecular flexibility index (Phi) is 6.26. The molecule has 0 saturated carbocycles. The summed E-state index contributed by atoms with van der Waals surface area (Å²) >= 11 is 0. The van der Waals surface area contributed by atoms with E-state index in [1.165, 1.54) is 51.7 Å². The lowest BCUT2D eigenvalue weighted by atomic mass is 9.97. The maximum atomic E-state index is 3.48. The summed E-state index contributed by atoms with van der Waals surface area (Å²) in [5.41, 5.74) is 0. The maximum Gasteiger partial charge on any atom is 0.00697 e. The number of hydrogen-bond donors (Lipinski definition) is 1. The van der Waals surface area contributed by atoms with Crippen LogP contribution in [0.3, 0.4) is 0 Å².